The molecule has 0 radical (unpaired) electrons. The second kappa shape index (κ2) is 7.66. The van der Waals surface area contributed by atoms with Crippen LogP contribution < -0.4 is 5.32 Å². The van der Waals surface area contributed by atoms with Crippen LogP contribution in [0.25, 0.3) is 0 Å². The molecule has 0 bridgehead atoms. The Balaban J connectivity index is 1.55. The average molecular weight is 332 g/mol. The molecule has 0 saturated carbocycles. The number of carboxylic acid groups (broad SMARTS) is 1. The molecule has 2 fully saturated rings. The van der Waals surface area contributed by atoms with Crippen molar-refractivity contribution in [3.05, 3.63) is 35.9 Å². The van der Waals surface area contributed by atoms with Crippen molar-refractivity contribution in [2.75, 3.05) is 19.7 Å². The van der Waals surface area contributed by atoms with Gasteiger partial charge in [0.15, 0.2) is 0 Å². The summed E-state index contributed by atoms with van der Waals surface area (Å²) in [4.78, 5) is 25.2. The van der Waals surface area contributed by atoms with Gasteiger partial charge in [0.2, 0.25) is 0 Å². The molecule has 2 N–H and O–H groups in total. The summed E-state index contributed by atoms with van der Waals surface area (Å²) in [6.07, 6.45) is 2.91. The lowest BCUT2D eigenvalue weighted by atomic mass is 9.97. The molecule has 130 valence electrons. The molecule has 2 aliphatic heterocycles. The first kappa shape index (κ1) is 16.8. The topological polar surface area (TPSA) is 78.9 Å². The number of carboxylic acids is 1. The minimum atomic E-state index is -0.817. The van der Waals surface area contributed by atoms with E-state index in [4.69, 9.17) is 9.84 Å². The monoisotopic (exact) mass is 332 g/mol. The number of hydrogen-bond donors (Lipinski definition) is 2. The Labute approximate surface area is 141 Å². The molecule has 3 unspecified atom stereocenters. The summed E-state index contributed by atoms with van der Waals surface area (Å²) in [6.45, 7) is 1.54. The first-order valence-electron chi connectivity index (χ1n) is 8.58. The third kappa shape index (κ3) is 4.06. The maximum absolute atomic E-state index is 12.5. The molecule has 6 nitrogen and oxygen atoms in total. The molecular weight excluding hydrogens is 308 g/mol. The van der Waals surface area contributed by atoms with Crippen LogP contribution in [0, 0.1) is 5.92 Å². The lowest BCUT2D eigenvalue weighted by Crippen LogP contribution is -2.50. The van der Waals surface area contributed by atoms with Crippen molar-refractivity contribution in [1.82, 2.24) is 10.2 Å². The highest BCUT2D eigenvalue weighted by atomic mass is 16.5. The number of amides is 2. The largest absolute Gasteiger partial charge is 0.481 e. The number of hydrogen-bond acceptors (Lipinski definition) is 3. The van der Waals surface area contributed by atoms with Crippen LogP contribution in [0.2, 0.25) is 0 Å². The number of likely N-dealkylation sites (tertiary alicyclic amines) is 1. The molecule has 0 aliphatic carbocycles. The molecule has 2 saturated heterocycles. The summed E-state index contributed by atoms with van der Waals surface area (Å²) in [6, 6.07) is 9.93. The van der Waals surface area contributed by atoms with Gasteiger partial charge in [0.1, 0.15) is 0 Å². The molecule has 1 aromatic rings. The van der Waals surface area contributed by atoms with Gasteiger partial charge in [0, 0.05) is 25.7 Å². The van der Waals surface area contributed by atoms with Crippen LogP contribution in [-0.2, 0) is 9.53 Å². The van der Waals surface area contributed by atoms with E-state index in [1.54, 1.807) is 4.90 Å². The molecule has 0 aromatic heterocycles. The summed E-state index contributed by atoms with van der Waals surface area (Å²) in [7, 11) is 0. The van der Waals surface area contributed by atoms with E-state index in [1.165, 1.54) is 0 Å². The Kier molecular flexibility index (Phi) is 5.35. The van der Waals surface area contributed by atoms with Gasteiger partial charge in [-0.05, 0) is 31.2 Å². The van der Waals surface area contributed by atoms with Gasteiger partial charge in [-0.2, -0.15) is 0 Å². The maximum Gasteiger partial charge on any atom is 0.317 e. The van der Waals surface area contributed by atoms with Crippen molar-refractivity contribution in [1.29, 1.82) is 0 Å². The fraction of sp³-hybridized carbons (Fsp3) is 0.556. The number of urea groups is 1. The normalized spacial score (nSPS) is 27.5. The quantitative estimate of drug-likeness (QED) is 0.891. The molecule has 2 amide bonds. The standard InChI is InChI=1S/C18H24N2O4/c21-17(22)14-7-4-9-20(12-14)18(23)19-15-8-10-24-16(11-15)13-5-2-1-3-6-13/h1-3,5-6,14-16H,4,7-12H2,(H,19,23)(H,21,22). The number of nitrogens with one attached hydrogen (secondary N) is 1. The molecule has 3 atom stereocenters. The van der Waals surface area contributed by atoms with Crippen LogP contribution >= 0.6 is 0 Å². The molecule has 0 spiro atoms. The second-order valence-corrected chi connectivity index (χ2v) is 6.56. The van der Waals surface area contributed by atoms with Gasteiger partial charge < -0.3 is 20.1 Å². The zero-order chi connectivity index (χ0) is 16.9. The summed E-state index contributed by atoms with van der Waals surface area (Å²) in [5, 5.41) is 12.2. The predicted octanol–water partition coefficient (Wildman–Crippen LogP) is 2.41. The molecular formula is C18H24N2O4. The Hall–Kier alpha value is -2.08. The van der Waals surface area contributed by atoms with E-state index >= 15 is 0 Å². The van der Waals surface area contributed by atoms with Gasteiger partial charge in [0.25, 0.3) is 0 Å². The van der Waals surface area contributed by atoms with Gasteiger partial charge >= 0.3 is 12.0 Å². The zero-order valence-corrected chi connectivity index (χ0v) is 13.7. The van der Waals surface area contributed by atoms with E-state index in [9.17, 15) is 9.59 Å². The minimum Gasteiger partial charge on any atom is -0.481 e. The molecule has 1 aromatic carbocycles. The van der Waals surface area contributed by atoms with E-state index in [-0.39, 0.29) is 18.2 Å². The third-order valence-corrected chi connectivity index (χ3v) is 4.84. The Morgan fingerprint density at radius 3 is 2.75 bits per heavy atom. The van der Waals surface area contributed by atoms with E-state index < -0.39 is 11.9 Å². The van der Waals surface area contributed by atoms with Gasteiger partial charge in [-0.25, -0.2) is 4.79 Å². The van der Waals surface area contributed by atoms with Gasteiger partial charge in [-0.1, -0.05) is 30.3 Å². The Morgan fingerprint density at radius 2 is 2.00 bits per heavy atom. The van der Waals surface area contributed by atoms with Crippen molar-refractivity contribution in [3.63, 3.8) is 0 Å². The van der Waals surface area contributed by atoms with Crippen LogP contribution in [0.1, 0.15) is 37.4 Å². The number of benzene rings is 1. The first-order chi connectivity index (χ1) is 11.6. The van der Waals surface area contributed by atoms with Crippen molar-refractivity contribution < 1.29 is 19.4 Å². The summed E-state index contributed by atoms with van der Waals surface area (Å²) in [5.74, 6) is -1.26. The summed E-state index contributed by atoms with van der Waals surface area (Å²) >= 11 is 0. The van der Waals surface area contributed by atoms with Crippen LogP contribution in [0.4, 0.5) is 4.79 Å². The van der Waals surface area contributed by atoms with Gasteiger partial charge in [-0.3, -0.25) is 4.79 Å². The zero-order valence-electron chi connectivity index (χ0n) is 13.7. The molecule has 2 aliphatic rings. The number of carbonyl (C=O) groups excluding carboxylic acids is 1. The van der Waals surface area contributed by atoms with Crippen molar-refractivity contribution in [2.24, 2.45) is 5.92 Å². The van der Waals surface area contributed by atoms with Crippen LogP contribution in [0.3, 0.4) is 0 Å². The fourth-order valence-electron chi connectivity index (χ4n) is 3.46. The van der Waals surface area contributed by atoms with Crippen LogP contribution in [0.15, 0.2) is 30.3 Å². The lowest BCUT2D eigenvalue weighted by Gasteiger charge is -2.35. The van der Waals surface area contributed by atoms with Gasteiger partial charge in [-0.15, -0.1) is 0 Å². The van der Waals surface area contributed by atoms with Crippen LogP contribution in [-0.4, -0.2) is 47.7 Å². The summed E-state index contributed by atoms with van der Waals surface area (Å²) < 4.78 is 5.83. The highest BCUT2D eigenvalue weighted by Crippen LogP contribution is 2.28. The maximum atomic E-state index is 12.5. The number of rotatable bonds is 3. The lowest BCUT2D eigenvalue weighted by molar-refractivity contribution is -0.143. The van der Waals surface area contributed by atoms with E-state index in [0.29, 0.717) is 26.1 Å². The number of nitrogens with zero attached hydrogens (tertiary/aromatic N) is 1. The number of piperidine rings is 1. The van der Waals surface area contributed by atoms with E-state index in [0.717, 1.165) is 24.8 Å². The molecule has 24 heavy (non-hydrogen) atoms. The average Bonchev–Trinajstić information content (AvgIpc) is 2.63. The fourth-order valence-corrected chi connectivity index (χ4v) is 3.46. The van der Waals surface area contributed by atoms with Crippen molar-refractivity contribution >= 4 is 12.0 Å². The summed E-state index contributed by atoms with van der Waals surface area (Å²) in [5.41, 5.74) is 1.13. The minimum absolute atomic E-state index is 0.00151. The van der Waals surface area contributed by atoms with Crippen LogP contribution in [0.5, 0.6) is 0 Å². The number of ether oxygens (including phenoxy) is 1. The SMILES string of the molecule is O=C(O)C1CCCN(C(=O)NC2CCOC(c3ccccc3)C2)C1. The first-order valence-corrected chi connectivity index (χ1v) is 8.58. The highest BCUT2D eigenvalue weighted by Gasteiger charge is 2.30. The third-order valence-electron chi connectivity index (χ3n) is 4.84. The number of carbonyl (C=O) groups is 2. The van der Waals surface area contributed by atoms with E-state index in [2.05, 4.69) is 5.32 Å². The van der Waals surface area contributed by atoms with E-state index in [1.807, 2.05) is 30.3 Å². The second-order valence-electron chi connectivity index (χ2n) is 6.56. The highest BCUT2D eigenvalue weighted by molar-refractivity contribution is 5.76. The van der Waals surface area contributed by atoms with Crippen molar-refractivity contribution in [2.45, 2.75) is 37.8 Å². The van der Waals surface area contributed by atoms with Gasteiger partial charge in [0.05, 0.1) is 12.0 Å². The Morgan fingerprint density at radius 1 is 1.21 bits per heavy atom. The molecule has 2 heterocycles. The smallest absolute Gasteiger partial charge is 0.317 e. The molecule has 6 heteroatoms. The molecule has 3 rings (SSSR count). The number of aliphatic carboxylic acids is 1. The van der Waals surface area contributed by atoms with Crippen molar-refractivity contribution in [3.8, 4) is 0 Å². The predicted molar refractivity (Wildman–Crippen MR) is 88.6 cm³/mol. The Bertz CT molecular complexity index is 578.